The van der Waals surface area contributed by atoms with Crippen LogP contribution in [0.4, 0.5) is 5.82 Å². The summed E-state index contributed by atoms with van der Waals surface area (Å²) in [7, 11) is 0. The zero-order valence-corrected chi connectivity index (χ0v) is 10.5. The van der Waals surface area contributed by atoms with E-state index in [2.05, 4.69) is 29.0 Å². The third-order valence-corrected chi connectivity index (χ3v) is 2.95. The molecule has 0 radical (unpaired) electrons. The lowest BCUT2D eigenvalue weighted by Gasteiger charge is -2.11. The van der Waals surface area contributed by atoms with Crippen molar-refractivity contribution in [1.29, 1.82) is 0 Å². The molecular formula is C14H17N3. The topological polar surface area (TPSA) is 51.8 Å². The Balaban J connectivity index is 2.67. The molecule has 3 nitrogen and oxygen atoms in total. The standard InChI is InChI=1S/C14H17N3/c1-4-12-16-13(10(3)14(15)17-12)11-8-6-5-7-9(11)2/h5-8H,4H2,1-3H3,(H2,15,16,17). The molecule has 1 heterocycles. The molecule has 3 heteroatoms. The van der Waals surface area contributed by atoms with Crippen LogP contribution in [0.3, 0.4) is 0 Å². The van der Waals surface area contributed by atoms with Crippen LogP contribution in [0.1, 0.15) is 23.9 Å². The molecule has 0 amide bonds. The molecule has 2 N–H and O–H groups in total. The average Bonchev–Trinajstić information content (AvgIpc) is 2.33. The first-order valence-electron chi connectivity index (χ1n) is 5.82. The number of hydrogen-bond acceptors (Lipinski definition) is 3. The Morgan fingerprint density at radius 2 is 1.82 bits per heavy atom. The highest BCUT2D eigenvalue weighted by Crippen LogP contribution is 2.26. The predicted molar refractivity (Wildman–Crippen MR) is 70.7 cm³/mol. The summed E-state index contributed by atoms with van der Waals surface area (Å²) in [6.07, 6.45) is 0.795. The zero-order valence-electron chi connectivity index (χ0n) is 10.5. The fourth-order valence-corrected chi connectivity index (χ4v) is 1.84. The van der Waals surface area contributed by atoms with E-state index in [0.717, 1.165) is 29.1 Å². The maximum atomic E-state index is 5.93. The molecule has 0 unspecified atom stereocenters. The number of nitrogens with two attached hydrogens (primary N) is 1. The number of benzene rings is 1. The SMILES string of the molecule is CCc1nc(N)c(C)c(-c2ccccc2C)n1. The second kappa shape index (κ2) is 4.53. The Kier molecular flexibility index (Phi) is 3.09. The average molecular weight is 227 g/mol. The van der Waals surface area contributed by atoms with Gasteiger partial charge in [-0.05, 0) is 19.4 Å². The fraction of sp³-hybridized carbons (Fsp3) is 0.286. The van der Waals surface area contributed by atoms with E-state index in [1.165, 1.54) is 5.56 Å². The number of nitrogens with zero attached hydrogens (tertiary/aromatic N) is 2. The normalized spacial score (nSPS) is 10.5. The van der Waals surface area contributed by atoms with E-state index in [0.29, 0.717) is 5.82 Å². The lowest BCUT2D eigenvalue weighted by atomic mass is 10.0. The van der Waals surface area contributed by atoms with Crippen molar-refractivity contribution in [3.05, 3.63) is 41.2 Å². The highest BCUT2D eigenvalue weighted by atomic mass is 15.0. The van der Waals surface area contributed by atoms with Crippen LogP contribution in [-0.2, 0) is 6.42 Å². The molecule has 2 aromatic rings. The third-order valence-electron chi connectivity index (χ3n) is 2.95. The second-order valence-electron chi connectivity index (χ2n) is 4.17. The largest absolute Gasteiger partial charge is 0.383 e. The Morgan fingerprint density at radius 3 is 2.47 bits per heavy atom. The summed E-state index contributed by atoms with van der Waals surface area (Å²) in [5.74, 6) is 1.38. The monoisotopic (exact) mass is 227 g/mol. The maximum absolute atomic E-state index is 5.93. The number of nitrogen functional groups attached to an aromatic ring is 1. The van der Waals surface area contributed by atoms with E-state index in [9.17, 15) is 0 Å². The van der Waals surface area contributed by atoms with Gasteiger partial charge >= 0.3 is 0 Å². The van der Waals surface area contributed by atoms with Crippen molar-refractivity contribution in [3.8, 4) is 11.3 Å². The molecule has 1 aromatic carbocycles. The van der Waals surface area contributed by atoms with Crippen LogP contribution in [-0.4, -0.2) is 9.97 Å². The molecule has 0 aliphatic carbocycles. The van der Waals surface area contributed by atoms with Crippen LogP contribution >= 0.6 is 0 Å². The van der Waals surface area contributed by atoms with Crippen molar-refractivity contribution >= 4 is 5.82 Å². The smallest absolute Gasteiger partial charge is 0.131 e. The number of anilines is 1. The first-order valence-corrected chi connectivity index (χ1v) is 5.82. The molecule has 2 rings (SSSR count). The molecule has 1 aromatic heterocycles. The minimum Gasteiger partial charge on any atom is -0.383 e. The third kappa shape index (κ3) is 2.13. The molecule has 0 atom stereocenters. The summed E-state index contributed by atoms with van der Waals surface area (Å²) in [4.78, 5) is 8.87. The minimum absolute atomic E-state index is 0.579. The summed E-state index contributed by atoms with van der Waals surface area (Å²) in [5.41, 5.74) is 10.2. The summed E-state index contributed by atoms with van der Waals surface area (Å²) < 4.78 is 0. The van der Waals surface area contributed by atoms with Gasteiger partial charge in [0.1, 0.15) is 11.6 Å². The van der Waals surface area contributed by atoms with E-state index >= 15 is 0 Å². The lowest BCUT2D eigenvalue weighted by molar-refractivity contribution is 0.939. The van der Waals surface area contributed by atoms with Crippen molar-refractivity contribution in [2.75, 3.05) is 5.73 Å². The molecule has 0 fully saturated rings. The van der Waals surface area contributed by atoms with Gasteiger partial charge in [-0.15, -0.1) is 0 Å². The molecule has 0 bridgehead atoms. The van der Waals surface area contributed by atoms with Gasteiger partial charge in [-0.1, -0.05) is 31.2 Å². The van der Waals surface area contributed by atoms with Gasteiger partial charge in [0.25, 0.3) is 0 Å². The first-order chi connectivity index (χ1) is 8.13. The van der Waals surface area contributed by atoms with Crippen molar-refractivity contribution in [2.45, 2.75) is 27.2 Å². The van der Waals surface area contributed by atoms with E-state index in [4.69, 9.17) is 5.73 Å². The van der Waals surface area contributed by atoms with Crippen molar-refractivity contribution in [2.24, 2.45) is 0 Å². The molecule has 88 valence electrons. The highest BCUT2D eigenvalue weighted by Gasteiger charge is 2.11. The Morgan fingerprint density at radius 1 is 1.12 bits per heavy atom. The summed E-state index contributed by atoms with van der Waals surface area (Å²) in [5, 5.41) is 0. The molecule has 0 aliphatic heterocycles. The van der Waals surface area contributed by atoms with Gasteiger partial charge in [0.15, 0.2) is 0 Å². The molecular weight excluding hydrogens is 210 g/mol. The van der Waals surface area contributed by atoms with Gasteiger partial charge in [0.05, 0.1) is 5.69 Å². The van der Waals surface area contributed by atoms with E-state index in [1.807, 2.05) is 26.0 Å². The van der Waals surface area contributed by atoms with Crippen molar-refractivity contribution in [1.82, 2.24) is 9.97 Å². The second-order valence-corrected chi connectivity index (χ2v) is 4.17. The molecule has 0 saturated carbocycles. The van der Waals surface area contributed by atoms with Gasteiger partial charge in [0, 0.05) is 17.5 Å². The molecule has 0 spiro atoms. The summed E-state index contributed by atoms with van der Waals surface area (Å²) in [6.45, 7) is 6.08. The number of hydrogen-bond donors (Lipinski definition) is 1. The molecule has 17 heavy (non-hydrogen) atoms. The predicted octanol–water partition coefficient (Wildman–Crippen LogP) is 2.91. The molecule has 0 saturated heterocycles. The van der Waals surface area contributed by atoms with Crippen LogP contribution in [0.2, 0.25) is 0 Å². The van der Waals surface area contributed by atoms with Crippen LogP contribution in [0.25, 0.3) is 11.3 Å². The van der Waals surface area contributed by atoms with Gasteiger partial charge in [0.2, 0.25) is 0 Å². The number of aromatic nitrogens is 2. The summed E-state index contributed by atoms with van der Waals surface area (Å²) in [6, 6.07) is 8.20. The van der Waals surface area contributed by atoms with Gasteiger partial charge in [-0.2, -0.15) is 0 Å². The minimum atomic E-state index is 0.579. The van der Waals surface area contributed by atoms with E-state index in [1.54, 1.807) is 0 Å². The molecule has 0 aliphatic rings. The van der Waals surface area contributed by atoms with Crippen LogP contribution in [0.5, 0.6) is 0 Å². The fourth-order valence-electron chi connectivity index (χ4n) is 1.84. The van der Waals surface area contributed by atoms with Crippen LogP contribution < -0.4 is 5.73 Å². The van der Waals surface area contributed by atoms with Crippen LogP contribution in [0.15, 0.2) is 24.3 Å². The van der Waals surface area contributed by atoms with Gasteiger partial charge in [-0.25, -0.2) is 9.97 Å². The van der Waals surface area contributed by atoms with E-state index < -0.39 is 0 Å². The highest BCUT2D eigenvalue weighted by molar-refractivity contribution is 5.70. The first kappa shape index (κ1) is 11.6. The zero-order chi connectivity index (χ0) is 12.4. The maximum Gasteiger partial charge on any atom is 0.131 e. The summed E-state index contributed by atoms with van der Waals surface area (Å²) >= 11 is 0. The van der Waals surface area contributed by atoms with Gasteiger partial charge < -0.3 is 5.73 Å². The van der Waals surface area contributed by atoms with E-state index in [-0.39, 0.29) is 0 Å². The lowest BCUT2D eigenvalue weighted by Crippen LogP contribution is -2.04. The Bertz CT molecular complexity index is 547. The Labute approximate surface area is 102 Å². The quantitative estimate of drug-likeness (QED) is 0.858. The van der Waals surface area contributed by atoms with Crippen LogP contribution in [0, 0.1) is 13.8 Å². The number of rotatable bonds is 2. The number of aryl methyl sites for hydroxylation is 2. The van der Waals surface area contributed by atoms with Gasteiger partial charge in [-0.3, -0.25) is 0 Å². The van der Waals surface area contributed by atoms with Crippen molar-refractivity contribution in [3.63, 3.8) is 0 Å². The Hall–Kier alpha value is -1.90. The van der Waals surface area contributed by atoms with Crippen molar-refractivity contribution < 1.29 is 0 Å².